The number of rotatable bonds is 3. The van der Waals surface area contributed by atoms with Gasteiger partial charge in [-0.2, -0.15) is 0 Å². The summed E-state index contributed by atoms with van der Waals surface area (Å²) in [5, 5.41) is 12.1. The molecule has 128 valence electrons. The topological polar surface area (TPSA) is 101 Å². The van der Waals surface area contributed by atoms with Gasteiger partial charge < -0.3 is 16.4 Å². The molecule has 0 amide bonds. The molecule has 0 aromatic carbocycles. The summed E-state index contributed by atoms with van der Waals surface area (Å²) >= 11 is 3.07. The average molecular weight is 371 g/mol. The molecule has 1 aliphatic heterocycles. The van der Waals surface area contributed by atoms with Crippen LogP contribution in [0.2, 0.25) is 0 Å². The normalized spacial score (nSPS) is 14.0. The molecule has 0 spiro atoms. The molecule has 0 saturated heterocycles. The van der Waals surface area contributed by atoms with Gasteiger partial charge in [0.2, 0.25) is 0 Å². The molecule has 9 heteroatoms. The van der Waals surface area contributed by atoms with E-state index in [1.54, 1.807) is 0 Å². The lowest BCUT2D eigenvalue weighted by Gasteiger charge is -2.13. The van der Waals surface area contributed by atoms with E-state index in [1.165, 1.54) is 22.7 Å². The minimum absolute atomic E-state index is 0.503. The summed E-state index contributed by atoms with van der Waals surface area (Å²) in [6, 6.07) is 3.90. The van der Waals surface area contributed by atoms with Crippen molar-refractivity contribution in [1.82, 2.24) is 20.3 Å². The molecule has 0 saturated carbocycles. The molecular weight excluding hydrogens is 354 g/mol. The van der Waals surface area contributed by atoms with E-state index < -0.39 is 0 Å². The first-order valence-corrected chi connectivity index (χ1v) is 9.65. The summed E-state index contributed by atoms with van der Waals surface area (Å²) in [4.78, 5) is 18.0. The number of hydrogen-bond donors (Lipinski definition) is 3. The Kier molecular flexibility index (Phi) is 4.33. The van der Waals surface area contributed by atoms with E-state index in [9.17, 15) is 0 Å². The first kappa shape index (κ1) is 16.0. The van der Waals surface area contributed by atoms with E-state index in [0.717, 1.165) is 58.3 Å². The van der Waals surface area contributed by atoms with Crippen LogP contribution >= 0.6 is 22.7 Å². The third-order valence-corrected chi connectivity index (χ3v) is 5.32. The van der Waals surface area contributed by atoms with Gasteiger partial charge in [0.25, 0.3) is 0 Å². The highest BCUT2D eigenvalue weighted by molar-refractivity contribution is 7.14. The minimum atomic E-state index is 0.503. The van der Waals surface area contributed by atoms with Crippen LogP contribution in [0.25, 0.3) is 22.0 Å². The second-order valence-corrected chi connectivity index (χ2v) is 7.31. The Balaban J connectivity index is 1.55. The Morgan fingerprint density at radius 3 is 2.76 bits per heavy atom. The van der Waals surface area contributed by atoms with Gasteiger partial charge in [-0.25, -0.2) is 15.0 Å². The van der Waals surface area contributed by atoms with Gasteiger partial charge >= 0.3 is 0 Å². The van der Waals surface area contributed by atoms with Crippen LogP contribution in [0.4, 0.5) is 10.9 Å². The summed E-state index contributed by atoms with van der Waals surface area (Å²) in [6.07, 6.45) is 1.06. The number of aryl methyl sites for hydroxylation is 1. The number of hydrogen-bond acceptors (Lipinski definition) is 9. The van der Waals surface area contributed by atoms with Crippen molar-refractivity contribution in [2.24, 2.45) is 4.99 Å². The Morgan fingerprint density at radius 2 is 1.96 bits per heavy atom. The van der Waals surface area contributed by atoms with Gasteiger partial charge in [-0.1, -0.05) is 0 Å². The maximum Gasteiger partial charge on any atom is 0.197 e. The average Bonchev–Trinajstić information content (AvgIpc) is 3.25. The van der Waals surface area contributed by atoms with Crippen LogP contribution in [0.3, 0.4) is 0 Å². The lowest BCUT2D eigenvalue weighted by molar-refractivity contribution is 0.740. The Hall–Kier alpha value is -2.52. The van der Waals surface area contributed by atoms with Crippen LogP contribution in [0.1, 0.15) is 12.1 Å². The van der Waals surface area contributed by atoms with Crippen molar-refractivity contribution in [3.8, 4) is 22.0 Å². The molecule has 0 unspecified atom stereocenters. The second-order valence-electron chi connectivity index (χ2n) is 5.60. The molecule has 25 heavy (non-hydrogen) atoms. The van der Waals surface area contributed by atoms with Crippen molar-refractivity contribution in [3.05, 3.63) is 28.6 Å². The molecule has 4 rings (SSSR count). The zero-order chi connectivity index (χ0) is 17.2. The first-order valence-electron chi connectivity index (χ1n) is 7.89. The Bertz CT molecular complexity index is 928. The van der Waals surface area contributed by atoms with Crippen LogP contribution in [-0.4, -0.2) is 34.0 Å². The van der Waals surface area contributed by atoms with E-state index in [-0.39, 0.29) is 0 Å². The summed E-state index contributed by atoms with van der Waals surface area (Å²) in [6.45, 7) is 3.70. The summed E-state index contributed by atoms with van der Waals surface area (Å²) < 4.78 is 0. The number of anilines is 2. The molecule has 0 fully saturated rings. The number of nitrogen functional groups attached to an aromatic ring is 1. The largest absolute Gasteiger partial charge is 0.383 e. The Morgan fingerprint density at radius 1 is 1.12 bits per heavy atom. The van der Waals surface area contributed by atoms with Crippen molar-refractivity contribution in [1.29, 1.82) is 0 Å². The number of nitrogens with two attached hydrogens (primary N) is 1. The number of thiazole rings is 2. The third kappa shape index (κ3) is 3.47. The molecule has 3 aromatic rings. The van der Waals surface area contributed by atoms with E-state index >= 15 is 0 Å². The van der Waals surface area contributed by atoms with Gasteiger partial charge in [0.15, 0.2) is 11.1 Å². The molecular formula is C16H17N7S2. The van der Waals surface area contributed by atoms with Crippen molar-refractivity contribution in [2.45, 2.75) is 13.3 Å². The molecule has 4 heterocycles. The van der Waals surface area contributed by atoms with Crippen LogP contribution in [-0.2, 0) is 0 Å². The van der Waals surface area contributed by atoms with Gasteiger partial charge in [-0.3, -0.25) is 4.99 Å². The summed E-state index contributed by atoms with van der Waals surface area (Å²) in [5.74, 6) is 1.28. The molecule has 3 aromatic heterocycles. The van der Waals surface area contributed by atoms with Gasteiger partial charge in [-0.05, 0) is 25.5 Å². The predicted octanol–water partition coefficient (Wildman–Crippen LogP) is 2.98. The molecule has 1 aliphatic rings. The van der Waals surface area contributed by atoms with Gasteiger partial charge in [0, 0.05) is 29.5 Å². The highest BCUT2D eigenvalue weighted by atomic mass is 32.1. The van der Waals surface area contributed by atoms with Gasteiger partial charge in [-0.15, -0.1) is 22.7 Å². The number of guanidine groups is 1. The first-order chi connectivity index (χ1) is 12.2. The van der Waals surface area contributed by atoms with Crippen LogP contribution < -0.4 is 16.4 Å². The SMILES string of the molecule is Cc1ccc(-c2nc(-c3csc(NC4=NCCCN4)n3)cs2)c(N)n1. The maximum atomic E-state index is 6.02. The fraction of sp³-hybridized carbons (Fsp3) is 0.250. The zero-order valence-electron chi connectivity index (χ0n) is 13.6. The third-order valence-electron chi connectivity index (χ3n) is 3.69. The lowest BCUT2D eigenvalue weighted by atomic mass is 10.2. The molecule has 0 radical (unpaired) electrons. The van der Waals surface area contributed by atoms with Crippen LogP contribution in [0.15, 0.2) is 27.9 Å². The maximum absolute atomic E-state index is 6.02. The monoisotopic (exact) mass is 371 g/mol. The van der Waals surface area contributed by atoms with Gasteiger partial charge in [0.05, 0.1) is 5.56 Å². The standard InChI is InChI=1S/C16H17N7S2/c1-9-3-4-10(13(17)20-9)14-21-11(7-24-14)12-8-25-16(22-12)23-15-18-5-2-6-19-15/h3-4,7-8H,2,5-6H2,1H3,(H2,17,20)(H2,18,19,22,23). The van der Waals surface area contributed by atoms with Crippen molar-refractivity contribution < 1.29 is 0 Å². The van der Waals surface area contributed by atoms with Crippen LogP contribution in [0, 0.1) is 6.92 Å². The number of pyridine rings is 1. The molecule has 0 atom stereocenters. The summed E-state index contributed by atoms with van der Waals surface area (Å²) in [5.41, 5.74) is 9.45. The number of nitrogens with one attached hydrogen (secondary N) is 2. The fourth-order valence-corrected chi connectivity index (χ4v) is 3.99. The highest BCUT2D eigenvalue weighted by Gasteiger charge is 2.13. The summed E-state index contributed by atoms with van der Waals surface area (Å²) in [7, 11) is 0. The molecule has 0 bridgehead atoms. The molecule has 4 N–H and O–H groups in total. The second kappa shape index (κ2) is 6.77. The van der Waals surface area contributed by atoms with E-state index in [4.69, 9.17) is 5.73 Å². The quantitative estimate of drug-likeness (QED) is 0.654. The van der Waals surface area contributed by atoms with Gasteiger partial charge in [0.1, 0.15) is 22.2 Å². The number of nitrogens with zero attached hydrogens (tertiary/aromatic N) is 4. The predicted molar refractivity (Wildman–Crippen MR) is 104 cm³/mol. The lowest BCUT2D eigenvalue weighted by Crippen LogP contribution is -2.35. The van der Waals surface area contributed by atoms with E-state index in [0.29, 0.717) is 5.82 Å². The number of aliphatic imine (C=N–C) groups is 1. The highest BCUT2D eigenvalue weighted by Crippen LogP contribution is 2.32. The fourth-order valence-electron chi connectivity index (χ4n) is 2.44. The van der Waals surface area contributed by atoms with Crippen LogP contribution in [0.5, 0.6) is 0 Å². The van der Waals surface area contributed by atoms with E-state index in [2.05, 4.69) is 30.6 Å². The molecule has 7 nitrogen and oxygen atoms in total. The van der Waals surface area contributed by atoms with Crippen molar-refractivity contribution in [2.75, 3.05) is 24.1 Å². The number of aromatic nitrogens is 3. The van der Waals surface area contributed by atoms with E-state index in [1.807, 2.05) is 29.8 Å². The zero-order valence-corrected chi connectivity index (χ0v) is 15.2. The van der Waals surface area contributed by atoms with Crippen molar-refractivity contribution in [3.63, 3.8) is 0 Å². The van der Waals surface area contributed by atoms with Crippen molar-refractivity contribution >= 4 is 39.6 Å². The smallest absolute Gasteiger partial charge is 0.197 e. The Labute approximate surface area is 153 Å². The molecule has 0 aliphatic carbocycles. The minimum Gasteiger partial charge on any atom is -0.383 e.